The van der Waals surface area contributed by atoms with E-state index in [1.807, 2.05) is 37.3 Å². The highest BCUT2D eigenvalue weighted by Crippen LogP contribution is 2.42. The topological polar surface area (TPSA) is 20.2 Å². The van der Waals surface area contributed by atoms with Crippen molar-refractivity contribution in [2.45, 2.75) is 37.7 Å². The van der Waals surface area contributed by atoms with Crippen molar-refractivity contribution in [3.8, 4) is 0 Å². The maximum atomic E-state index is 11.1. The van der Waals surface area contributed by atoms with Gasteiger partial charge >= 0.3 is 0 Å². The highest BCUT2D eigenvalue weighted by Gasteiger charge is 2.31. The molecule has 0 heterocycles. The first-order valence-electron chi connectivity index (χ1n) is 7.17. The molecule has 0 aliphatic heterocycles. The van der Waals surface area contributed by atoms with Gasteiger partial charge in [-0.05, 0) is 54.5 Å². The minimum Gasteiger partial charge on any atom is -0.381 e. The van der Waals surface area contributed by atoms with Crippen molar-refractivity contribution in [3.05, 3.63) is 69.7 Å². The summed E-state index contributed by atoms with van der Waals surface area (Å²) in [5.74, 6) is 0.619. The van der Waals surface area contributed by atoms with Gasteiger partial charge in [0.25, 0.3) is 0 Å². The van der Waals surface area contributed by atoms with Crippen LogP contribution in [0.1, 0.15) is 48.8 Å². The fourth-order valence-corrected chi connectivity index (χ4v) is 3.21. The van der Waals surface area contributed by atoms with E-state index in [1.54, 1.807) is 0 Å². The van der Waals surface area contributed by atoms with Crippen LogP contribution in [0.25, 0.3) is 0 Å². The van der Waals surface area contributed by atoms with Gasteiger partial charge in [-0.2, -0.15) is 0 Å². The van der Waals surface area contributed by atoms with Gasteiger partial charge in [-0.3, -0.25) is 0 Å². The zero-order valence-corrected chi connectivity index (χ0v) is 13.2. The first-order chi connectivity index (χ1) is 9.59. The lowest BCUT2D eigenvalue weighted by molar-refractivity contribution is 0.100. The van der Waals surface area contributed by atoms with Crippen molar-refractivity contribution in [3.63, 3.8) is 0 Å². The van der Waals surface area contributed by atoms with Crippen LogP contribution in [0.15, 0.2) is 53.0 Å². The molecule has 0 bridgehead atoms. The maximum absolute atomic E-state index is 11.1. The van der Waals surface area contributed by atoms with Gasteiger partial charge in [-0.25, -0.2) is 0 Å². The van der Waals surface area contributed by atoms with Crippen LogP contribution in [0.4, 0.5) is 0 Å². The molecule has 104 valence electrons. The van der Waals surface area contributed by atoms with Gasteiger partial charge in [-0.1, -0.05) is 58.7 Å². The number of rotatable bonds is 3. The summed E-state index contributed by atoms with van der Waals surface area (Å²) in [6, 6.07) is 16.3. The molecule has 0 radical (unpaired) electrons. The number of hydrogen-bond donors (Lipinski definition) is 1. The molecular formula is C18H19BrO. The van der Waals surface area contributed by atoms with Crippen LogP contribution >= 0.6 is 15.9 Å². The molecule has 0 saturated heterocycles. The van der Waals surface area contributed by atoms with E-state index in [9.17, 15) is 5.11 Å². The molecule has 1 atom stereocenters. The average molecular weight is 331 g/mol. The summed E-state index contributed by atoms with van der Waals surface area (Å²) in [5.41, 5.74) is 2.36. The molecule has 1 aliphatic rings. The summed E-state index contributed by atoms with van der Waals surface area (Å²) in [6.07, 6.45) is 3.79. The SMILES string of the molecule is CC(O)(c1ccc(Br)cc1)c1ccccc1C1CCC1. The minimum atomic E-state index is -0.938. The van der Waals surface area contributed by atoms with Crippen molar-refractivity contribution in [2.75, 3.05) is 0 Å². The third-order valence-corrected chi connectivity index (χ3v) is 4.97. The Morgan fingerprint density at radius 3 is 2.30 bits per heavy atom. The third-order valence-electron chi connectivity index (χ3n) is 4.44. The van der Waals surface area contributed by atoms with Gasteiger partial charge in [0.2, 0.25) is 0 Å². The third kappa shape index (κ3) is 2.43. The fraction of sp³-hybridized carbons (Fsp3) is 0.333. The highest BCUT2D eigenvalue weighted by molar-refractivity contribution is 9.10. The van der Waals surface area contributed by atoms with Gasteiger partial charge in [-0.15, -0.1) is 0 Å². The Morgan fingerprint density at radius 1 is 1.05 bits per heavy atom. The standard InChI is InChI=1S/C18H19BrO/c1-18(20,14-9-11-15(19)12-10-14)17-8-3-2-7-16(17)13-5-4-6-13/h2-3,7-13,20H,4-6H2,1H3. The molecule has 0 amide bonds. The summed E-state index contributed by atoms with van der Waals surface area (Å²) in [4.78, 5) is 0. The molecular weight excluding hydrogens is 312 g/mol. The molecule has 2 heteroatoms. The van der Waals surface area contributed by atoms with Crippen molar-refractivity contribution < 1.29 is 5.11 Å². The highest BCUT2D eigenvalue weighted by atomic mass is 79.9. The van der Waals surface area contributed by atoms with E-state index in [1.165, 1.54) is 24.8 Å². The van der Waals surface area contributed by atoms with Gasteiger partial charge in [0.1, 0.15) is 5.60 Å². The number of benzene rings is 2. The normalized spacial score (nSPS) is 18.4. The zero-order valence-electron chi connectivity index (χ0n) is 11.6. The monoisotopic (exact) mass is 330 g/mol. The van der Waals surface area contributed by atoms with Crippen molar-refractivity contribution in [1.82, 2.24) is 0 Å². The van der Waals surface area contributed by atoms with Crippen LogP contribution in [-0.4, -0.2) is 5.11 Å². The van der Waals surface area contributed by atoms with Gasteiger partial charge < -0.3 is 5.11 Å². The van der Waals surface area contributed by atoms with Crippen LogP contribution in [0.3, 0.4) is 0 Å². The summed E-state index contributed by atoms with van der Waals surface area (Å²) < 4.78 is 1.03. The first-order valence-corrected chi connectivity index (χ1v) is 7.96. The van der Waals surface area contributed by atoms with Gasteiger partial charge in [0, 0.05) is 4.47 Å². The van der Waals surface area contributed by atoms with Crippen molar-refractivity contribution >= 4 is 15.9 Å². The molecule has 0 aromatic heterocycles. The van der Waals surface area contributed by atoms with Gasteiger partial charge in [0.15, 0.2) is 0 Å². The maximum Gasteiger partial charge on any atom is 0.112 e. The second-order valence-corrected chi connectivity index (χ2v) is 6.71. The second kappa shape index (κ2) is 5.34. The molecule has 1 saturated carbocycles. The van der Waals surface area contributed by atoms with E-state index in [4.69, 9.17) is 0 Å². The molecule has 2 aromatic carbocycles. The summed E-state index contributed by atoms with van der Waals surface area (Å²) in [5, 5.41) is 11.1. The van der Waals surface area contributed by atoms with Crippen molar-refractivity contribution in [2.24, 2.45) is 0 Å². The fourth-order valence-electron chi connectivity index (χ4n) is 2.95. The van der Waals surface area contributed by atoms with Crippen LogP contribution in [-0.2, 0) is 5.60 Å². The molecule has 3 rings (SSSR count). The van der Waals surface area contributed by atoms with Crippen molar-refractivity contribution in [1.29, 1.82) is 0 Å². The molecule has 20 heavy (non-hydrogen) atoms. The van der Waals surface area contributed by atoms with E-state index in [2.05, 4.69) is 34.1 Å². The Hall–Kier alpha value is -1.12. The number of aliphatic hydroxyl groups is 1. The Kier molecular flexibility index (Phi) is 3.70. The van der Waals surface area contributed by atoms with E-state index >= 15 is 0 Å². The van der Waals surface area contributed by atoms with E-state index in [0.717, 1.165) is 15.6 Å². The smallest absolute Gasteiger partial charge is 0.112 e. The molecule has 0 spiro atoms. The van der Waals surface area contributed by atoms with Gasteiger partial charge in [0.05, 0.1) is 0 Å². The van der Waals surface area contributed by atoms with Crippen LogP contribution in [0, 0.1) is 0 Å². The number of halogens is 1. The molecule has 1 aliphatic carbocycles. The Morgan fingerprint density at radius 2 is 1.70 bits per heavy atom. The summed E-state index contributed by atoms with van der Waals surface area (Å²) >= 11 is 3.44. The largest absolute Gasteiger partial charge is 0.381 e. The van der Waals surface area contributed by atoms with E-state index < -0.39 is 5.60 Å². The quantitative estimate of drug-likeness (QED) is 0.842. The van der Waals surface area contributed by atoms with E-state index in [-0.39, 0.29) is 0 Å². The summed E-state index contributed by atoms with van der Waals surface area (Å²) in [7, 11) is 0. The lowest BCUT2D eigenvalue weighted by Crippen LogP contribution is -2.26. The minimum absolute atomic E-state index is 0.619. The zero-order chi connectivity index (χ0) is 14.2. The van der Waals surface area contributed by atoms with Crippen LogP contribution in [0.2, 0.25) is 0 Å². The predicted molar refractivity (Wildman–Crippen MR) is 85.8 cm³/mol. The van der Waals surface area contributed by atoms with Crippen LogP contribution in [0.5, 0.6) is 0 Å². The second-order valence-electron chi connectivity index (χ2n) is 5.79. The lowest BCUT2D eigenvalue weighted by atomic mass is 9.74. The number of hydrogen-bond acceptors (Lipinski definition) is 1. The Balaban J connectivity index is 2.04. The molecule has 1 unspecified atom stereocenters. The summed E-state index contributed by atoms with van der Waals surface area (Å²) in [6.45, 7) is 1.90. The van der Waals surface area contributed by atoms with E-state index in [0.29, 0.717) is 5.92 Å². The predicted octanol–water partition coefficient (Wildman–Crippen LogP) is 4.97. The lowest BCUT2D eigenvalue weighted by Gasteiger charge is -2.33. The Labute approximate surface area is 128 Å². The molecule has 1 N–H and O–H groups in total. The molecule has 1 nitrogen and oxygen atoms in total. The molecule has 1 fully saturated rings. The first kappa shape index (κ1) is 13.8. The Bertz CT molecular complexity index is 597. The molecule has 2 aromatic rings. The average Bonchev–Trinajstić information content (AvgIpc) is 2.38. The van der Waals surface area contributed by atoms with Crippen LogP contribution < -0.4 is 0 Å².